The molecule has 0 spiro atoms. The second-order valence-electron chi connectivity index (χ2n) is 5.19. The zero-order chi connectivity index (χ0) is 16.1. The summed E-state index contributed by atoms with van der Waals surface area (Å²) >= 11 is 1.32. The SMILES string of the molecule is C/C=C/CN1CCN(c2nc(C(N)=O)cs2)CC(C(=O)O)C1. The summed E-state index contributed by atoms with van der Waals surface area (Å²) in [5.74, 6) is -1.88. The molecule has 1 unspecified atom stereocenters. The second kappa shape index (κ2) is 7.37. The number of hydrogen-bond acceptors (Lipinski definition) is 6. The Morgan fingerprint density at radius 1 is 1.50 bits per heavy atom. The van der Waals surface area contributed by atoms with Crippen LogP contribution in [0.1, 0.15) is 17.4 Å². The molecule has 0 radical (unpaired) electrons. The molecule has 8 heteroatoms. The number of carboxylic acid groups (broad SMARTS) is 1. The van der Waals surface area contributed by atoms with Gasteiger partial charge in [-0.25, -0.2) is 4.98 Å². The average Bonchev–Trinajstić information content (AvgIpc) is 2.87. The van der Waals surface area contributed by atoms with Gasteiger partial charge in [-0.3, -0.25) is 14.5 Å². The van der Waals surface area contributed by atoms with E-state index < -0.39 is 17.8 Å². The van der Waals surface area contributed by atoms with E-state index in [9.17, 15) is 14.7 Å². The third-order valence-corrected chi connectivity index (χ3v) is 4.47. The smallest absolute Gasteiger partial charge is 0.309 e. The second-order valence-corrected chi connectivity index (χ2v) is 6.03. The maximum Gasteiger partial charge on any atom is 0.309 e. The maximum atomic E-state index is 11.5. The standard InChI is InChI=1S/C14H20N4O3S/c1-2-3-4-17-5-6-18(8-10(7-17)13(20)21)14-16-11(9-22-14)12(15)19/h2-3,9-10H,4-8H2,1H3,(H2,15,19)(H,20,21)/b3-2+. The summed E-state index contributed by atoms with van der Waals surface area (Å²) in [4.78, 5) is 30.8. The Hall–Kier alpha value is -1.93. The molecule has 2 heterocycles. The van der Waals surface area contributed by atoms with Crippen LogP contribution in [-0.2, 0) is 4.79 Å². The Kier molecular flexibility index (Phi) is 5.51. The van der Waals surface area contributed by atoms with Crippen molar-refractivity contribution in [3.63, 3.8) is 0 Å². The number of nitrogens with zero attached hydrogens (tertiary/aromatic N) is 3. The van der Waals surface area contributed by atoms with Crippen molar-refractivity contribution in [2.75, 3.05) is 37.6 Å². The molecule has 0 saturated carbocycles. The highest BCUT2D eigenvalue weighted by Gasteiger charge is 2.28. The summed E-state index contributed by atoms with van der Waals surface area (Å²) in [6, 6.07) is 0. The first-order chi connectivity index (χ1) is 10.5. The van der Waals surface area contributed by atoms with E-state index in [0.717, 1.165) is 13.1 Å². The fourth-order valence-corrected chi connectivity index (χ4v) is 3.20. The van der Waals surface area contributed by atoms with Gasteiger partial charge >= 0.3 is 5.97 Å². The van der Waals surface area contributed by atoms with Crippen molar-refractivity contribution >= 4 is 28.3 Å². The van der Waals surface area contributed by atoms with E-state index in [2.05, 4.69) is 9.88 Å². The number of allylic oxidation sites excluding steroid dienone is 1. The first-order valence-corrected chi connectivity index (χ1v) is 7.95. The van der Waals surface area contributed by atoms with Crippen molar-refractivity contribution in [3.05, 3.63) is 23.2 Å². The molecule has 1 aliphatic rings. The number of aromatic nitrogens is 1. The lowest BCUT2D eigenvalue weighted by atomic mass is 10.1. The van der Waals surface area contributed by atoms with E-state index in [1.807, 2.05) is 24.0 Å². The Labute approximate surface area is 133 Å². The number of nitrogens with two attached hydrogens (primary N) is 1. The molecule has 2 rings (SSSR count). The van der Waals surface area contributed by atoms with Gasteiger partial charge in [-0.2, -0.15) is 0 Å². The third kappa shape index (κ3) is 4.05. The van der Waals surface area contributed by atoms with Gasteiger partial charge in [0, 0.05) is 38.1 Å². The summed E-state index contributed by atoms with van der Waals surface area (Å²) in [5.41, 5.74) is 5.44. The minimum atomic E-state index is -0.816. The van der Waals surface area contributed by atoms with Crippen LogP contribution in [-0.4, -0.2) is 59.6 Å². The van der Waals surface area contributed by atoms with Gasteiger partial charge in [0.15, 0.2) is 5.13 Å². The van der Waals surface area contributed by atoms with Crippen molar-refractivity contribution in [1.82, 2.24) is 9.88 Å². The van der Waals surface area contributed by atoms with Crippen molar-refractivity contribution in [1.29, 1.82) is 0 Å². The quantitative estimate of drug-likeness (QED) is 0.771. The van der Waals surface area contributed by atoms with Gasteiger partial charge in [-0.05, 0) is 6.92 Å². The highest BCUT2D eigenvalue weighted by Crippen LogP contribution is 2.23. The third-order valence-electron chi connectivity index (χ3n) is 3.57. The number of primary amides is 1. The maximum absolute atomic E-state index is 11.5. The number of hydrogen-bond donors (Lipinski definition) is 2. The van der Waals surface area contributed by atoms with Gasteiger partial charge < -0.3 is 15.7 Å². The van der Waals surface area contributed by atoms with E-state index in [1.54, 1.807) is 5.38 Å². The molecule has 22 heavy (non-hydrogen) atoms. The number of carbonyl (C=O) groups is 2. The van der Waals surface area contributed by atoms with Gasteiger partial charge in [0.1, 0.15) is 5.69 Å². The van der Waals surface area contributed by atoms with Crippen LogP contribution in [0.4, 0.5) is 5.13 Å². The van der Waals surface area contributed by atoms with Crippen LogP contribution >= 0.6 is 11.3 Å². The predicted molar refractivity (Wildman–Crippen MR) is 85.2 cm³/mol. The van der Waals surface area contributed by atoms with E-state index in [1.165, 1.54) is 11.3 Å². The molecule has 3 N–H and O–H groups in total. The predicted octanol–water partition coefficient (Wildman–Crippen LogP) is 0.641. The molecule has 1 fully saturated rings. The first kappa shape index (κ1) is 16.4. The van der Waals surface area contributed by atoms with Gasteiger partial charge in [0.2, 0.25) is 0 Å². The lowest BCUT2D eigenvalue weighted by Gasteiger charge is -2.20. The van der Waals surface area contributed by atoms with Gasteiger partial charge in [0.25, 0.3) is 5.91 Å². The van der Waals surface area contributed by atoms with E-state index in [0.29, 0.717) is 24.8 Å². The average molecular weight is 324 g/mol. The molecule has 120 valence electrons. The molecule has 1 aliphatic heterocycles. The van der Waals surface area contributed by atoms with Crippen LogP contribution in [0, 0.1) is 5.92 Å². The summed E-state index contributed by atoms with van der Waals surface area (Å²) in [7, 11) is 0. The lowest BCUT2D eigenvalue weighted by molar-refractivity contribution is -0.141. The van der Waals surface area contributed by atoms with Gasteiger partial charge in [-0.15, -0.1) is 11.3 Å². The Balaban J connectivity index is 2.14. The number of rotatable bonds is 5. The molecule has 1 aromatic rings. The molecular weight excluding hydrogens is 304 g/mol. The Morgan fingerprint density at radius 2 is 2.27 bits per heavy atom. The van der Waals surface area contributed by atoms with E-state index in [-0.39, 0.29) is 5.69 Å². The van der Waals surface area contributed by atoms with Crippen LogP contribution < -0.4 is 10.6 Å². The molecule has 0 aliphatic carbocycles. The zero-order valence-electron chi connectivity index (χ0n) is 12.4. The Bertz CT molecular complexity index is 572. The van der Waals surface area contributed by atoms with Crippen molar-refractivity contribution < 1.29 is 14.7 Å². The lowest BCUT2D eigenvalue weighted by Crippen LogP contribution is -2.34. The molecule has 1 aromatic heterocycles. The number of amides is 1. The van der Waals surface area contributed by atoms with Crippen LogP contribution in [0.5, 0.6) is 0 Å². The number of carboxylic acids is 1. The molecule has 1 amide bonds. The number of carbonyl (C=O) groups excluding carboxylic acids is 1. The summed E-state index contributed by atoms with van der Waals surface area (Å²) < 4.78 is 0. The molecule has 1 saturated heterocycles. The van der Waals surface area contributed by atoms with E-state index in [4.69, 9.17) is 5.73 Å². The zero-order valence-corrected chi connectivity index (χ0v) is 13.3. The topological polar surface area (TPSA) is 99.8 Å². The molecule has 0 aromatic carbocycles. The molecule has 1 atom stereocenters. The molecule has 7 nitrogen and oxygen atoms in total. The highest BCUT2D eigenvalue weighted by atomic mass is 32.1. The van der Waals surface area contributed by atoms with Gasteiger partial charge in [0.05, 0.1) is 5.92 Å². The summed E-state index contributed by atoms with van der Waals surface area (Å²) in [6.07, 6.45) is 3.97. The van der Waals surface area contributed by atoms with Crippen LogP contribution in [0.15, 0.2) is 17.5 Å². The van der Waals surface area contributed by atoms with Crippen LogP contribution in [0.25, 0.3) is 0 Å². The minimum absolute atomic E-state index is 0.224. The fourth-order valence-electron chi connectivity index (χ4n) is 2.35. The fraction of sp³-hybridized carbons (Fsp3) is 0.500. The van der Waals surface area contributed by atoms with Crippen LogP contribution in [0.2, 0.25) is 0 Å². The van der Waals surface area contributed by atoms with Crippen molar-refractivity contribution in [2.45, 2.75) is 6.92 Å². The van der Waals surface area contributed by atoms with Gasteiger partial charge in [-0.1, -0.05) is 12.2 Å². The normalized spacial score (nSPS) is 20.2. The largest absolute Gasteiger partial charge is 0.481 e. The number of anilines is 1. The number of aliphatic carboxylic acids is 1. The monoisotopic (exact) mass is 324 g/mol. The van der Waals surface area contributed by atoms with Crippen LogP contribution in [0.3, 0.4) is 0 Å². The van der Waals surface area contributed by atoms with Crippen molar-refractivity contribution in [3.8, 4) is 0 Å². The Morgan fingerprint density at radius 3 is 2.86 bits per heavy atom. The van der Waals surface area contributed by atoms with E-state index >= 15 is 0 Å². The first-order valence-electron chi connectivity index (χ1n) is 7.08. The summed E-state index contributed by atoms with van der Waals surface area (Å²) in [5, 5.41) is 11.7. The highest BCUT2D eigenvalue weighted by molar-refractivity contribution is 7.13. The minimum Gasteiger partial charge on any atom is -0.481 e. The molecular formula is C14H20N4O3S. The molecule has 0 bridgehead atoms. The summed E-state index contributed by atoms with van der Waals surface area (Å²) in [6.45, 7) is 4.99. The van der Waals surface area contributed by atoms with Crippen molar-refractivity contribution in [2.24, 2.45) is 11.7 Å². The number of thiazole rings is 1.